The lowest BCUT2D eigenvalue weighted by atomic mass is 10.1. The first-order valence-electron chi connectivity index (χ1n) is 6.93. The van der Waals surface area contributed by atoms with E-state index in [2.05, 4.69) is 10.3 Å². The second-order valence-electron chi connectivity index (χ2n) is 5.06. The van der Waals surface area contributed by atoms with Gasteiger partial charge in [-0.25, -0.2) is 4.39 Å². The Labute approximate surface area is 121 Å². The van der Waals surface area contributed by atoms with E-state index in [9.17, 15) is 9.18 Å². The summed E-state index contributed by atoms with van der Waals surface area (Å²) in [6.45, 7) is 1.28. The Morgan fingerprint density at radius 2 is 2.19 bits per heavy atom. The lowest BCUT2D eigenvalue weighted by Crippen LogP contribution is -2.38. The fraction of sp³-hybridized carbons (Fsp3) is 0.400. The second-order valence-corrected chi connectivity index (χ2v) is 5.06. The average Bonchev–Trinajstić information content (AvgIpc) is 2.95. The molecule has 6 heteroatoms. The molecule has 3 rings (SSSR count). The van der Waals surface area contributed by atoms with Crippen LogP contribution in [0.15, 0.2) is 18.3 Å². The molecule has 1 aromatic carbocycles. The molecule has 0 spiro atoms. The third-order valence-corrected chi connectivity index (χ3v) is 3.77. The Bertz CT molecular complexity index is 662. The van der Waals surface area contributed by atoms with E-state index in [0.29, 0.717) is 30.0 Å². The standard InChI is InChI=1S/C15H17FN2O3/c1-20-12-3-2-11(16)13-10(8-17-14(12)13)15(19)18-9-4-6-21-7-5-9/h2-3,8-9,17H,4-7H2,1H3,(H,18,19). The Hall–Kier alpha value is -2.08. The molecule has 0 radical (unpaired) electrons. The van der Waals surface area contributed by atoms with E-state index in [-0.39, 0.29) is 17.3 Å². The smallest absolute Gasteiger partial charge is 0.253 e. The van der Waals surface area contributed by atoms with Gasteiger partial charge in [0.05, 0.1) is 23.6 Å². The van der Waals surface area contributed by atoms with Gasteiger partial charge >= 0.3 is 0 Å². The number of H-pyrrole nitrogens is 1. The summed E-state index contributed by atoms with van der Waals surface area (Å²) in [5, 5.41) is 3.19. The molecule has 21 heavy (non-hydrogen) atoms. The highest BCUT2D eigenvalue weighted by molar-refractivity contribution is 6.08. The van der Waals surface area contributed by atoms with Crippen LogP contribution in [-0.4, -0.2) is 37.3 Å². The average molecular weight is 292 g/mol. The van der Waals surface area contributed by atoms with Gasteiger partial charge in [-0.15, -0.1) is 0 Å². The van der Waals surface area contributed by atoms with Crippen LogP contribution >= 0.6 is 0 Å². The largest absolute Gasteiger partial charge is 0.495 e. The minimum Gasteiger partial charge on any atom is -0.495 e. The number of hydrogen-bond acceptors (Lipinski definition) is 3. The molecule has 0 unspecified atom stereocenters. The maximum absolute atomic E-state index is 14.1. The van der Waals surface area contributed by atoms with Gasteiger partial charge in [-0.05, 0) is 25.0 Å². The minimum absolute atomic E-state index is 0.0740. The van der Waals surface area contributed by atoms with Crippen LogP contribution in [0.2, 0.25) is 0 Å². The quantitative estimate of drug-likeness (QED) is 0.912. The van der Waals surface area contributed by atoms with Gasteiger partial charge in [0, 0.05) is 25.5 Å². The summed E-state index contributed by atoms with van der Waals surface area (Å²) in [5.41, 5.74) is 0.794. The van der Waals surface area contributed by atoms with Gasteiger partial charge in [0.2, 0.25) is 0 Å². The topological polar surface area (TPSA) is 63.4 Å². The maximum atomic E-state index is 14.1. The number of aromatic nitrogens is 1. The number of methoxy groups -OCH3 is 1. The molecule has 0 saturated carbocycles. The number of ether oxygens (including phenoxy) is 2. The Morgan fingerprint density at radius 1 is 1.43 bits per heavy atom. The molecule has 1 amide bonds. The van der Waals surface area contributed by atoms with Gasteiger partial charge in [-0.2, -0.15) is 0 Å². The van der Waals surface area contributed by atoms with E-state index in [4.69, 9.17) is 9.47 Å². The zero-order chi connectivity index (χ0) is 14.8. The SMILES string of the molecule is COc1ccc(F)c2c(C(=O)NC3CCOCC3)c[nH]c12. The molecule has 1 aliphatic heterocycles. The Kier molecular flexibility index (Phi) is 3.79. The maximum Gasteiger partial charge on any atom is 0.253 e. The molecule has 0 bridgehead atoms. The molecule has 2 heterocycles. The summed E-state index contributed by atoms with van der Waals surface area (Å²) >= 11 is 0. The first kappa shape index (κ1) is 13.9. The number of hydrogen-bond donors (Lipinski definition) is 2. The van der Waals surface area contributed by atoms with Gasteiger partial charge in [-0.3, -0.25) is 4.79 Å². The summed E-state index contributed by atoms with van der Waals surface area (Å²) in [6, 6.07) is 2.92. The van der Waals surface area contributed by atoms with E-state index in [1.165, 1.54) is 25.4 Å². The number of nitrogens with one attached hydrogen (secondary N) is 2. The van der Waals surface area contributed by atoms with Gasteiger partial charge in [0.25, 0.3) is 5.91 Å². The first-order valence-corrected chi connectivity index (χ1v) is 6.93. The molecule has 1 saturated heterocycles. The Balaban J connectivity index is 1.91. The zero-order valence-corrected chi connectivity index (χ0v) is 11.7. The summed E-state index contributed by atoms with van der Waals surface area (Å²) in [6.07, 6.45) is 3.07. The monoisotopic (exact) mass is 292 g/mol. The van der Waals surface area contributed by atoms with Crippen LogP contribution < -0.4 is 10.1 Å². The number of rotatable bonds is 3. The van der Waals surface area contributed by atoms with Gasteiger partial charge < -0.3 is 19.8 Å². The van der Waals surface area contributed by atoms with Crippen molar-refractivity contribution in [1.82, 2.24) is 10.3 Å². The van der Waals surface area contributed by atoms with Crippen molar-refractivity contribution in [1.29, 1.82) is 0 Å². The highest BCUT2D eigenvalue weighted by Gasteiger charge is 2.21. The van der Waals surface area contributed by atoms with E-state index < -0.39 is 5.82 Å². The second kappa shape index (κ2) is 5.73. The van der Waals surface area contributed by atoms with E-state index in [1.807, 2.05) is 0 Å². The summed E-state index contributed by atoms with van der Waals surface area (Å²) < 4.78 is 24.5. The van der Waals surface area contributed by atoms with Gasteiger partial charge in [0.15, 0.2) is 0 Å². The molecule has 2 aromatic rings. The van der Waals surface area contributed by atoms with Crippen molar-refractivity contribution in [2.24, 2.45) is 0 Å². The molecule has 112 valence electrons. The molecule has 0 aliphatic carbocycles. The molecule has 0 atom stereocenters. The number of carbonyl (C=O) groups is 1. The predicted molar refractivity (Wildman–Crippen MR) is 76.1 cm³/mol. The van der Waals surface area contributed by atoms with Crippen LogP contribution in [0.1, 0.15) is 23.2 Å². The fourth-order valence-corrected chi connectivity index (χ4v) is 2.64. The summed E-state index contributed by atoms with van der Waals surface area (Å²) in [4.78, 5) is 15.3. The van der Waals surface area contributed by atoms with E-state index >= 15 is 0 Å². The molecule has 1 fully saturated rings. The number of amides is 1. The van der Waals surface area contributed by atoms with Crippen LogP contribution in [0.25, 0.3) is 10.9 Å². The van der Waals surface area contributed by atoms with Crippen molar-refractivity contribution in [3.05, 3.63) is 29.7 Å². The van der Waals surface area contributed by atoms with Crippen molar-refractivity contribution in [3.63, 3.8) is 0 Å². The number of halogens is 1. The van der Waals surface area contributed by atoms with Crippen molar-refractivity contribution in [2.45, 2.75) is 18.9 Å². The fourth-order valence-electron chi connectivity index (χ4n) is 2.64. The van der Waals surface area contributed by atoms with Crippen LogP contribution in [0.5, 0.6) is 5.75 Å². The van der Waals surface area contributed by atoms with Crippen LogP contribution in [0.3, 0.4) is 0 Å². The summed E-state index contributed by atoms with van der Waals surface area (Å²) in [5.74, 6) is -0.207. The minimum atomic E-state index is -0.441. The lowest BCUT2D eigenvalue weighted by Gasteiger charge is -2.22. The highest BCUT2D eigenvalue weighted by Crippen LogP contribution is 2.29. The van der Waals surface area contributed by atoms with Crippen LogP contribution in [0, 0.1) is 5.82 Å². The number of carbonyl (C=O) groups excluding carboxylic acids is 1. The van der Waals surface area contributed by atoms with Gasteiger partial charge in [-0.1, -0.05) is 0 Å². The molecule has 1 aliphatic rings. The molecule has 1 aromatic heterocycles. The Morgan fingerprint density at radius 3 is 2.90 bits per heavy atom. The van der Waals surface area contributed by atoms with Crippen LogP contribution in [-0.2, 0) is 4.74 Å². The number of aromatic amines is 1. The third-order valence-electron chi connectivity index (χ3n) is 3.77. The molecule has 5 nitrogen and oxygen atoms in total. The van der Waals surface area contributed by atoms with E-state index in [1.54, 1.807) is 0 Å². The third kappa shape index (κ3) is 2.58. The van der Waals surface area contributed by atoms with Crippen molar-refractivity contribution >= 4 is 16.8 Å². The first-order chi connectivity index (χ1) is 10.2. The predicted octanol–water partition coefficient (Wildman–Crippen LogP) is 2.22. The molecular formula is C15H17FN2O3. The summed E-state index contributed by atoms with van der Waals surface area (Å²) in [7, 11) is 1.51. The van der Waals surface area contributed by atoms with Crippen molar-refractivity contribution in [3.8, 4) is 5.75 Å². The normalized spacial score (nSPS) is 16.1. The molecule has 2 N–H and O–H groups in total. The lowest BCUT2D eigenvalue weighted by molar-refractivity contribution is 0.0697. The van der Waals surface area contributed by atoms with Crippen LogP contribution in [0.4, 0.5) is 4.39 Å². The zero-order valence-electron chi connectivity index (χ0n) is 11.7. The van der Waals surface area contributed by atoms with Crippen molar-refractivity contribution in [2.75, 3.05) is 20.3 Å². The number of fused-ring (bicyclic) bond motifs is 1. The highest BCUT2D eigenvalue weighted by atomic mass is 19.1. The van der Waals surface area contributed by atoms with Crippen molar-refractivity contribution < 1.29 is 18.7 Å². The van der Waals surface area contributed by atoms with E-state index in [0.717, 1.165) is 12.8 Å². The molecular weight excluding hydrogens is 275 g/mol. The van der Waals surface area contributed by atoms with Gasteiger partial charge in [0.1, 0.15) is 11.6 Å². The number of benzene rings is 1.